The lowest BCUT2D eigenvalue weighted by atomic mass is 10.0. The van der Waals surface area contributed by atoms with Crippen LogP contribution in [0.5, 0.6) is 12.0 Å². The fraction of sp³-hybridized carbons (Fsp3) is 0.476. The highest BCUT2D eigenvalue weighted by Gasteiger charge is 2.34. The Bertz CT molecular complexity index is 3310. The molecule has 19 heteroatoms. The van der Waals surface area contributed by atoms with Gasteiger partial charge in [0, 0.05) is 105 Å². The first kappa shape index (κ1) is 56.9. The van der Waals surface area contributed by atoms with Crippen molar-refractivity contribution in [1.29, 1.82) is 10.5 Å². The van der Waals surface area contributed by atoms with Gasteiger partial charge in [-0.2, -0.15) is 30.5 Å². The van der Waals surface area contributed by atoms with Crippen molar-refractivity contribution in [3.63, 3.8) is 0 Å². The van der Waals surface area contributed by atoms with Crippen molar-refractivity contribution in [3.8, 4) is 24.2 Å². The molecule has 1 amide bonds. The van der Waals surface area contributed by atoms with Crippen molar-refractivity contribution in [2.75, 3.05) is 124 Å². The van der Waals surface area contributed by atoms with Crippen LogP contribution in [0.25, 0.3) is 21.5 Å². The minimum absolute atomic E-state index is 0.135. The van der Waals surface area contributed by atoms with E-state index < -0.39 is 0 Å². The van der Waals surface area contributed by atoms with Gasteiger partial charge in [-0.15, -0.1) is 0 Å². The summed E-state index contributed by atoms with van der Waals surface area (Å²) >= 11 is 13.4. The molecule has 4 saturated heterocycles. The lowest BCUT2D eigenvalue weighted by Gasteiger charge is -2.42. The zero-order valence-electron chi connectivity index (χ0n) is 47.0. The molecule has 0 spiro atoms. The third-order valence-electron chi connectivity index (χ3n) is 17.0. The summed E-state index contributed by atoms with van der Waals surface area (Å²) in [7, 11) is 0. The molecule has 0 radical (unpaired) electrons. The van der Waals surface area contributed by atoms with Gasteiger partial charge in [-0.3, -0.25) is 14.6 Å². The van der Waals surface area contributed by atoms with E-state index in [1.807, 2.05) is 24.3 Å². The number of aromatic nitrogens is 4. The van der Waals surface area contributed by atoms with Gasteiger partial charge in [0.1, 0.15) is 24.8 Å². The van der Waals surface area contributed by atoms with Crippen LogP contribution in [0.3, 0.4) is 0 Å². The third kappa shape index (κ3) is 13.1. The van der Waals surface area contributed by atoms with Crippen molar-refractivity contribution >= 4 is 73.7 Å². The molecule has 1 N–H and O–H groups in total. The van der Waals surface area contributed by atoms with Gasteiger partial charge in [-0.05, 0) is 106 Å². The topological polar surface area (TPSA) is 169 Å². The molecular weight excluding hydrogens is 1070 g/mol. The molecule has 2 aromatic heterocycles. The quantitative estimate of drug-likeness (QED) is 0.0965. The van der Waals surface area contributed by atoms with Crippen molar-refractivity contribution in [2.24, 2.45) is 0 Å². The van der Waals surface area contributed by atoms with Crippen molar-refractivity contribution in [1.82, 2.24) is 40.0 Å². The van der Waals surface area contributed by atoms with E-state index in [0.29, 0.717) is 64.4 Å². The van der Waals surface area contributed by atoms with Crippen LogP contribution in [0.4, 0.5) is 23.0 Å². The van der Waals surface area contributed by atoms with Crippen LogP contribution in [0, 0.1) is 22.7 Å². The summed E-state index contributed by atoms with van der Waals surface area (Å²) in [4.78, 5) is 48.3. The fourth-order valence-electron chi connectivity index (χ4n) is 12.8. The average Bonchev–Trinajstić information content (AvgIpc) is 3.70. The Balaban J connectivity index is 0.000000173. The first-order valence-corrected chi connectivity index (χ1v) is 30.2. The Morgan fingerprint density at radius 3 is 1.61 bits per heavy atom. The summed E-state index contributed by atoms with van der Waals surface area (Å²) in [6.45, 7) is 18.0. The maximum Gasteiger partial charge on any atom is 0.318 e. The summed E-state index contributed by atoms with van der Waals surface area (Å²) in [5.41, 5.74) is 6.47. The summed E-state index contributed by atoms with van der Waals surface area (Å²) < 4.78 is 12.4. The molecule has 17 nitrogen and oxygen atoms in total. The molecule has 2 atom stereocenters. The number of hydrogen-bond donors (Lipinski definition) is 1. The number of amides is 1. The van der Waals surface area contributed by atoms with Gasteiger partial charge >= 0.3 is 12.0 Å². The maximum atomic E-state index is 12.5. The van der Waals surface area contributed by atoms with Crippen LogP contribution in [-0.4, -0.2) is 157 Å². The second kappa shape index (κ2) is 26.9. The normalized spacial score (nSPS) is 19.6. The summed E-state index contributed by atoms with van der Waals surface area (Å²) in [6.07, 6.45) is 11.3. The van der Waals surface area contributed by atoms with Gasteiger partial charge in [-0.25, -0.2) is 0 Å². The molecule has 12 rings (SSSR count). The highest BCUT2D eigenvalue weighted by atomic mass is 35.5. The standard InChI is InChI=1S/C33H38ClN7O2.C30H36ClN7O/c1-2-30(42)41-19-18-40(22-25(41)12-14-35)32-26-13-17-39(29-11-7-9-24-8-6-10-27(34)31(24)29)23-28(26)36-33(37-32)43-21-20-38-15-4-3-5-16-38;31-25-8-4-6-22-7-5-9-27(28(22)25)37-16-11-24-26(21-37)34-30(39-19-18-36-14-2-1-3-15-36)35-29(24)38-17-13-33-23(20-38)10-12-32/h2,6-11,25H,1,3-5,12-13,15-23H2;4-9,23,33H,1-3,10-11,13-21H2/t25-;23-/m00/s1. The molecule has 428 valence electrons. The first-order chi connectivity index (χ1) is 40.2. The highest BCUT2D eigenvalue weighted by molar-refractivity contribution is 6.37. The number of nitrogens with one attached hydrogen (secondary N) is 1. The zero-order chi connectivity index (χ0) is 56.4. The van der Waals surface area contributed by atoms with Gasteiger partial charge < -0.3 is 39.3 Å². The molecule has 4 fully saturated rings. The number of anilines is 4. The Kier molecular flexibility index (Phi) is 18.7. The van der Waals surface area contributed by atoms with Crippen LogP contribution < -0.4 is 34.4 Å². The van der Waals surface area contributed by atoms with E-state index in [0.717, 1.165) is 156 Å². The van der Waals surface area contributed by atoms with E-state index in [9.17, 15) is 15.3 Å². The number of nitrogens with zero attached hydrogens (tertiary/aromatic N) is 13. The molecule has 4 aromatic carbocycles. The van der Waals surface area contributed by atoms with E-state index in [-0.39, 0.29) is 24.4 Å². The molecular formula is C63H74Cl2N14O3. The van der Waals surface area contributed by atoms with Crippen molar-refractivity contribution < 1.29 is 14.3 Å². The van der Waals surface area contributed by atoms with Crippen LogP contribution in [-0.2, 0) is 30.7 Å². The Hall–Kier alpha value is -6.99. The van der Waals surface area contributed by atoms with E-state index in [1.54, 1.807) is 4.90 Å². The number of piperidine rings is 2. The third-order valence-corrected chi connectivity index (χ3v) is 17.7. The number of halogens is 2. The maximum absolute atomic E-state index is 12.5. The number of fused-ring (bicyclic) bond motifs is 4. The van der Waals surface area contributed by atoms with Gasteiger partial charge in [0.2, 0.25) is 5.91 Å². The minimum atomic E-state index is -0.240. The predicted molar refractivity (Wildman–Crippen MR) is 325 cm³/mol. The number of benzene rings is 4. The van der Waals surface area contributed by atoms with E-state index in [1.165, 1.54) is 50.2 Å². The van der Waals surface area contributed by atoms with Gasteiger partial charge in [0.05, 0.1) is 65.5 Å². The number of ether oxygens (including phenoxy) is 2. The number of carbonyl (C=O) groups excluding carboxylic acids is 1. The van der Waals surface area contributed by atoms with Crippen LogP contribution in [0.15, 0.2) is 85.5 Å². The first-order valence-electron chi connectivity index (χ1n) is 29.5. The predicted octanol–water partition coefficient (Wildman–Crippen LogP) is 9.23. The molecule has 0 aliphatic carbocycles. The molecule has 6 aliphatic heterocycles. The number of likely N-dealkylation sites (tertiary alicyclic amines) is 2. The Morgan fingerprint density at radius 2 is 1.11 bits per heavy atom. The zero-order valence-corrected chi connectivity index (χ0v) is 48.5. The number of piperazine rings is 2. The second-order valence-corrected chi connectivity index (χ2v) is 23.1. The van der Waals surface area contributed by atoms with Crippen LogP contribution in [0.1, 0.15) is 73.9 Å². The number of hydrogen-bond acceptors (Lipinski definition) is 16. The molecule has 0 unspecified atom stereocenters. The Labute approximate surface area is 492 Å². The number of nitriles is 2. The number of carbonyl (C=O) groups is 1. The van der Waals surface area contributed by atoms with E-state index in [4.69, 9.17) is 52.6 Å². The monoisotopic (exact) mass is 1140 g/mol. The van der Waals surface area contributed by atoms with Gasteiger partial charge in [-0.1, -0.05) is 91.2 Å². The van der Waals surface area contributed by atoms with E-state index in [2.05, 4.69) is 102 Å². The largest absolute Gasteiger partial charge is 0.462 e. The fourth-order valence-corrected chi connectivity index (χ4v) is 13.4. The smallest absolute Gasteiger partial charge is 0.318 e. The Morgan fingerprint density at radius 1 is 0.610 bits per heavy atom. The molecule has 8 heterocycles. The van der Waals surface area contributed by atoms with Gasteiger partial charge in [0.25, 0.3) is 0 Å². The molecule has 6 aromatic rings. The molecule has 82 heavy (non-hydrogen) atoms. The SMILES string of the molecule is C=CC(=O)N1CCN(c2nc(OCCN3CCCCC3)nc3c2CCN(c2cccc4cccc(Cl)c24)C3)C[C@@H]1CC#N.N#CC[C@H]1CN(c2nc(OCCN3CCCCC3)nc3c2CCN(c2cccc4cccc(Cl)c24)C3)CCN1. The lowest BCUT2D eigenvalue weighted by molar-refractivity contribution is -0.128. The van der Waals surface area contributed by atoms with Crippen LogP contribution in [0.2, 0.25) is 10.0 Å². The average molecular weight is 1150 g/mol. The molecule has 6 aliphatic rings. The summed E-state index contributed by atoms with van der Waals surface area (Å²) in [5, 5.41) is 28.1. The lowest BCUT2D eigenvalue weighted by Crippen LogP contribution is -2.55. The molecule has 0 bridgehead atoms. The van der Waals surface area contributed by atoms with Crippen LogP contribution >= 0.6 is 23.2 Å². The van der Waals surface area contributed by atoms with Gasteiger partial charge in [0.15, 0.2) is 0 Å². The minimum Gasteiger partial charge on any atom is -0.462 e. The number of rotatable bonds is 15. The highest BCUT2D eigenvalue weighted by Crippen LogP contribution is 2.39. The summed E-state index contributed by atoms with van der Waals surface area (Å²) in [6, 6.07) is 30.0. The van der Waals surface area contributed by atoms with E-state index >= 15 is 0 Å². The summed E-state index contributed by atoms with van der Waals surface area (Å²) in [5.74, 6) is 1.67. The molecule has 0 saturated carbocycles. The van der Waals surface area contributed by atoms with Crippen molar-refractivity contribution in [3.05, 3.63) is 118 Å². The van der Waals surface area contributed by atoms with Crippen molar-refractivity contribution in [2.45, 2.75) is 89.4 Å². The second-order valence-electron chi connectivity index (χ2n) is 22.2.